The minimum atomic E-state index is 0. The summed E-state index contributed by atoms with van der Waals surface area (Å²) in [5.74, 6) is 0.508. The van der Waals surface area contributed by atoms with Gasteiger partial charge >= 0.3 is 0 Å². The first-order valence-electron chi connectivity index (χ1n) is 9.09. The van der Waals surface area contributed by atoms with Crippen LogP contribution in [0.2, 0.25) is 0 Å². The fourth-order valence-electron chi connectivity index (χ4n) is 2.66. The van der Waals surface area contributed by atoms with E-state index in [2.05, 4.69) is 30.0 Å². The van der Waals surface area contributed by atoms with Crippen molar-refractivity contribution >= 4 is 56.8 Å². The topological polar surface area (TPSA) is 36.4 Å². The summed E-state index contributed by atoms with van der Waals surface area (Å²) in [6.45, 7) is 3.59. The number of hydrogen-bond donors (Lipinski definition) is 0. The Balaban J connectivity index is 0.00000280. The van der Waals surface area contributed by atoms with Gasteiger partial charge in [-0.1, -0.05) is 42.5 Å². The first-order valence-corrected chi connectivity index (χ1v) is 10.9. The molecule has 2 aromatic carbocycles. The maximum Gasteiger partial charge on any atom is 0.239 e. The van der Waals surface area contributed by atoms with Crippen molar-refractivity contribution in [3.8, 4) is 0 Å². The van der Waals surface area contributed by atoms with Crippen molar-refractivity contribution in [1.82, 2.24) is 9.88 Å². The molecule has 0 atom stereocenters. The van der Waals surface area contributed by atoms with Gasteiger partial charge in [0.15, 0.2) is 5.13 Å². The van der Waals surface area contributed by atoms with Gasteiger partial charge in [0.25, 0.3) is 0 Å². The zero-order valence-electron chi connectivity index (χ0n) is 16.4. The molecule has 0 bridgehead atoms. The van der Waals surface area contributed by atoms with E-state index < -0.39 is 0 Å². The number of thiazole rings is 1. The lowest BCUT2D eigenvalue weighted by Crippen LogP contribution is -2.37. The number of carbonyl (C=O) groups is 1. The minimum Gasteiger partial charge on any atom is -0.308 e. The van der Waals surface area contributed by atoms with E-state index in [1.54, 1.807) is 23.1 Å². The lowest BCUT2D eigenvalue weighted by Gasteiger charge is -2.21. The Morgan fingerprint density at radius 3 is 2.54 bits per heavy atom. The summed E-state index contributed by atoms with van der Waals surface area (Å²) in [6.07, 6.45) is 1.00. The number of likely N-dealkylation sites (N-methyl/N-ethyl adjacent to an activating group) is 1. The molecular weight excluding hydrogens is 410 g/mol. The third kappa shape index (κ3) is 5.95. The van der Waals surface area contributed by atoms with Crippen LogP contribution >= 0.6 is 35.5 Å². The average molecular weight is 436 g/mol. The van der Waals surface area contributed by atoms with Crippen LogP contribution in [0.15, 0.2) is 53.4 Å². The van der Waals surface area contributed by atoms with Crippen LogP contribution < -0.4 is 4.90 Å². The summed E-state index contributed by atoms with van der Waals surface area (Å²) in [6, 6.07) is 16.4. The molecule has 0 spiro atoms. The van der Waals surface area contributed by atoms with Crippen molar-refractivity contribution in [2.45, 2.75) is 18.2 Å². The van der Waals surface area contributed by atoms with Crippen LogP contribution in [-0.4, -0.2) is 48.7 Å². The Kier molecular flexibility index (Phi) is 8.76. The van der Waals surface area contributed by atoms with E-state index in [4.69, 9.17) is 4.98 Å². The summed E-state index contributed by atoms with van der Waals surface area (Å²) < 4.78 is 1.14. The largest absolute Gasteiger partial charge is 0.308 e. The van der Waals surface area contributed by atoms with Crippen LogP contribution in [0.5, 0.6) is 0 Å². The third-order valence-electron chi connectivity index (χ3n) is 4.26. The van der Waals surface area contributed by atoms with Gasteiger partial charge in [0.1, 0.15) is 0 Å². The molecule has 0 aliphatic heterocycles. The van der Waals surface area contributed by atoms with Crippen molar-refractivity contribution in [2.75, 3.05) is 37.8 Å². The highest BCUT2D eigenvalue weighted by Crippen LogP contribution is 2.30. The summed E-state index contributed by atoms with van der Waals surface area (Å²) in [4.78, 5) is 22.8. The van der Waals surface area contributed by atoms with E-state index in [-0.39, 0.29) is 18.3 Å². The standard InChI is InChI=1S/C21H25N3OS2.ClH/c1-4-16-10-11-18-19(14-16)27-21(22-18)24(13-12-23(2)3)20(25)15-26-17-8-6-5-7-9-17;/h5-11,14H,4,12-13,15H2,1-3H3;1H. The zero-order chi connectivity index (χ0) is 19.2. The molecule has 3 rings (SSSR count). The molecule has 0 fully saturated rings. The van der Waals surface area contributed by atoms with E-state index >= 15 is 0 Å². The molecule has 28 heavy (non-hydrogen) atoms. The quantitative estimate of drug-likeness (QED) is 0.468. The van der Waals surface area contributed by atoms with Gasteiger partial charge in [0.05, 0.1) is 16.0 Å². The number of benzene rings is 2. The van der Waals surface area contributed by atoms with Crippen LogP contribution in [-0.2, 0) is 11.2 Å². The molecule has 1 heterocycles. The number of hydrogen-bond acceptors (Lipinski definition) is 5. The Morgan fingerprint density at radius 2 is 1.86 bits per heavy atom. The zero-order valence-corrected chi connectivity index (χ0v) is 18.9. The van der Waals surface area contributed by atoms with E-state index in [0.717, 1.165) is 33.2 Å². The lowest BCUT2D eigenvalue weighted by molar-refractivity contribution is -0.116. The molecular formula is C21H26ClN3OS2. The summed E-state index contributed by atoms with van der Waals surface area (Å²) in [5.41, 5.74) is 2.26. The number of carbonyl (C=O) groups excluding carboxylic acids is 1. The smallest absolute Gasteiger partial charge is 0.239 e. The van der Waals surface area contributed by atoms with E-state index in [0.29, 0.717) is 12.3 Å². The number of rotatable bonds is 8. The normalized spacial score (nSPS) is 10.9. The number of halogens is 1. The van der Waals surface area contributed by atoms with Gasteiger partial charge in [0.2, 0.25) is 5.91 Å². The minimum absolute atomic E-state index is 0. The number of fused-ring (bicyclic) bond motifs is 1. The first-order chi connectivity index (χ1) is 13.1. The molecule has 7 heteroatoms. The van der Waals surface area contributed by atoms with Crippen LogP contribution in [0, 0.1) is 0 Å². The van der Waals surface area contributed by atoms with Gasteiger partial charge in [-0.05, 0) is 50.3 Å². The van der Waals surface area contributed by atoms with Gasteiger partial charge in [-0.25, -0.2) is 4.98 Å². The Labute approximate surface area is 181 Å². The number of anilines is 1. The highest BCUT2D eigenvalue weighted by molar-refractivity contribution is 8.00. The van der Waals surface area contributed by atoms with Gasteiger partial charge in [-0.3, -0.25) is 9.69 Å². The van der Waals surface area contributed by atoms with E-state index in [1.165, 1.54) is 5.56 Å². The SMILES string of the molecule is CCc1ccc2nc(N(CCN(C)C)C(=O)CSc3ccccc3)sc2c1.Cl. The molecule has 4 nitrogen and oxygen atoms in total. The van der Waals surface area contributed by atoms with Crippen molar-refractivity contribution in [3.05, 3.63) is 54.1 Å². The number of aryl methyl sites for hydroxylation is 1. The van der Waals surface area contributed by atoms with Crippen molar-refractivity contribution in [3.63, 3.8) is 0 Å². The Morgan fingerprint density at radius 1 is 1.11 bits per heavy atom. The summed E-state index contributed by atoms with van der Waals surface area (Å²) in [7, 11) is 4.04. The van der Waals surface area contributed by atoms with Crippen LogP contribution in [0.4, 0.5) is 5.13 Å². The van der Waals surface area contributed by atoms with Crippen LogP contribution in [0.25, 0.3) is 10.2 Å². The maximum atomic E-state index is 13.0. The predicted molar refractivity (Wildman–Crippen MR) is 124 cm³/mol. The molecule has 0 N–H and O–H groups in total. The summed E-state index contributed by atoms with van der Waals surface area (Å²) in [5, 5.41) is 0.791. The molecule has 0 unspecified atom stereocenters. The molecule has 0 aliphatic carbocycles. The monoisotopic (exact) mass is 435 g/mol. The second-order valence-corrected chi connectivity index (χ2v) is 8.66. The van der Waals surface area contributed by atoms with E-state index in [1.807, 2.05) is 49.3 Å². The number of amides is 1. The Hall–Kier alpha value is -1.60. The van der Waals surface area contributed by atoms with Crippen molar-refractivity contribution in [1.29, 1.82) is 0 Å². The molecule has 1 aromatic heterocycles. The molecule has 0 radical (unpaired) electrons. The molecule has 3 aromatic rings. The number of aromatic nitrogens is 1. The highest BCUT2D eigenvalue weighted by atomic mass is 35.5. The van der Waals surface area contributed by atoms with Gasteiger partial charge < -0.3 is 4.90 Å². The van der Waals surface area contributed by atoms with Crippen LogP contribution in [0.3, 0.4) is 0 Å². The van der Waals surface area contributed by atoms with Gasteiger partial charge in [-0.2, -0.15) is 0 Å². The second-order valence-electron chi connectivity index (χ2n) is 6.60. The molecule has 150 valence electrons. The average Bonchev–Trinajstić information content (AvgIpc) is 3.09. The van der Waals surface area contributed by atoms with Gasteiger partial charge in [-0.15, -0.1) is 24.2 Å². The van der Waals surface area contributed by atoms with Gasteiger partial charge in [0, 0.05) is 18.0 Å². The fraction of sp³-hybridized carbons (Fsp3) is 0.333. The number of nitrogens with zero attached hydrogens (tertiary/aromatic N) is 3. The maximum absolute atomic E-state index is 13.0. The lowest BCUT2D eigenvalue weighted by atomic mass is 10.2. The number of thioether (sulfide) groups is 1. The fourth-order valence-corrected chi connectivity index (χ4v) is 4.53. The Bertz CT molecular complexity index is 899. The third-order valence-corrected chi connectivity index (χ3v) is 6.30. The molecule has 1 amide bonds. The van der Waals surface area contributed by atoms with E-state index in [9.17, 15) is 4.79 Å². The van der Waals surface area contributed by atoms with Crippen molar-refractivity contribution in [2.24, 2.45) is 0 Å². The molecule has 0 saturated carbocycles. The molecule has 0 saturated heterocycles. The van der Waals surface area contributed by atoms with Crippen LogP contribution in [0.1, 0.15) is 12.5 Å². The second kappa shape index (κ2) is 10.8. The predicted octanol–water partition coefficient (Wildman–Crippen LogP) is 4.97. The highest BCUT2D eigenvalue weighted by Gasteiger charge is 2.20. The summed E-state index contributed by atoms with van der Waals surface area (Å²) >= 11 is 3.17. The van der Waals surface area contributed by atoms with Crippen molar-refractivity contribution < 1.29 is 4.79 Å². The molecule has 0 aliphatic rings. The first kappa shape index (κ1) is 22.7.